The van der Waals surface area contributed by atoms with Gasteiger partial charge in [-0.2, -0.15) is 0 Å². The monoisotopic (exact) mass is 325 g/mol. The molecule has 3 atom stereocenters. The Labute approximate surface area is 144 Å². The molecule has 0 radical (unpaired) electrons. The molecule has 24 heavy (non-hydrogen) atoms. The summed E-state index contributed by atoms with van der Waals surface area (Å²) in [4.78, 5) is 2.66. The van der Waals surface area contributed by atoms with Crippen LogP contribution in [-0.4, -0.2) is 35.8 Å². The second-order valence-corrected chi connectivity index (χ2v) is 7.54. The Bertz CT molecular complexity index is 738. The molecule has 2 aromatic rings. The standard InChI is InChI=1S/C21H27NO2/c1-3-21(14-23)12-18-7-9-20(21)22(18)13-15-4-5-17-11-19(24-2)8-6-16(17)10-15/h4-6,8,10-11,18,20,23H,3,7,9,12-14H2,1-2H3/t18-,20+,21-/m0/s1. The van der Waals surface area contributed by atoms with Crippen LogP contribution < -0.4 is 4.74 Å². The Morgan fingerprint density at radius 1 is 1.17 bits per heavy atom. The second kappa shape index (κ2) is 6.05. The van der Waals surface area contributed by atoms with Crippen molar-refractivity contribution in [2.45, 2.75) is 51.2 Å². The summed E-state index contributed by atoms with van der Waals surface area (Å²) >= 11 is 0. The first-order valence-corrected chi connectivity index (χ1v) is 9.12. The van der Waals surface area contributed by atoms with Crippen molar-refractivity contribution in [3.05, 3.63) is 42.0 Å². The number of fused-ring (bicyclic) bond motifs is 3. The van der Waals surface area contributed by atoms with Crippen molar-refractivity contribution in [1.29, 1.82) is 0 Å². The van der Waals surface area contributed by atoms with Gasteiger partial charge in [-0.3, -0.25) is 4.90 Å². The minimum absolute atomic E-state index is 0.132. The van der Waals surface area contributed by atoms with E-state index >= 15 is 0 Å². The molecular weight excluding hydrogens is 298 g/mol. The Hall–Kier alpha value is -1.58. The van der Waals surface area contributed by atoms with Crippen molar-refractivity contribution in [2.75, 3.05) is 13.7 Å². The van der Waals surface area contributed by atoms with E-state index in [0.29, 0.717) is 18.7 Å². The number of methoxy groups -OCH3 is 1. The highest BCUT2D eigenvalue weighted by Crippen LogP contribution is 2.51. The fourth-order valence-corrected chi connectivity index (χ4v) is 5.03. The Balaban J connectivity index is 1.58. The minimum atomic E-state index is 0.132. The maximum Gasteiger partial charge on any atom is 0.119 e. The molecule has 2 saturated heterocycles. The number of nitrogens with zero attached hydrogens (tertiary/aromatic N) is 1. The van der Waals surface area contributed by atoms with Crippen LogP contribution >= 0.6 is 0 Å². The zero-order valence-electron chi connectivity index (χ0n) is 14.7. The summed E-state index contributed by atoms with van der Waals surface area (Å²) in [5, 5.41) is 12.5. The lowest BCUT2D eigenvalue weighted by Crippen LogP contribution is -2.39. The number of hydrogen-bond acceptors (Lipinski definition) is 3. The van der Waals surface area contributed by atoms with Crippen LogP contribution in [0, 0.1) is 5.41 Å². The summed E-state index contributed by atoms with van der Waals surface area (Å²) < 4.78 is 5.31. The molecule has 0 unspecified atom stereocenters. The molecule has 0 saturated carbocycles. The third kappa shape index (κ3) is 2.42. The SMILES string of the molecule is CC[C@@]1(CO)C[C@@H]2CC[C@H]1N2Cc1ccc2cc(OC)ccc2c1. The van der Waals surface area contributed by atoms with Gasteiger partial charge in [0.25, 0.3) is 0 Å². The maximum absolute atomic E-state index is 9.97. The average Bonchev–Trinajstić information content (AvgIpc) is 3.16. The second-order valence-electron chi connectivity index (χ2n) is 7.54. The molecular formula is C21H27NO2. The van der Waals surface area contributed by atoms with Gasteiger partial charge in [-0.1, -0.05) is 25.1 Å². The van der Waals surface area contributed by atoms with Crippen molar-refractivity contribution >= 4 is 10.8 Å². The van der Waals surface area contributed by atoms with E-state index in [1.807, 2.05) is 6.07 Å². The van der Waals surface area contributed by atoms with Crippen LogP contribution in [0.5, 0.6) is 5.75 Å². The van der Waals surface area contributed by atoms with Crippen LogP contribution in [0.15, 0.2) is 36.4 Å². The molecule has 4 rings (SSSR count). The van der Waals surface area contributed by atoms with E-state index < -0.39 is 0 Å². The molecule has 2 fully saturated rings. The molecule has 0 aromatic heterocycles. The number of aliphatic hydroxyl groups is 1. The van der Waals surface area contributed by atoms with E-state index in [4.69, 9.17) is 4.74 Å². The van der Waals surface area contributed by atoms with Gasteiger partial charge >= 0.3 is 0 Å². The van der Waals surface area contributed by atoms with Crippen LogP contribution in [0.2, 0.25) is 0 Å². The zero-order chi connectivity index (χ0) is 16.7. The van der Waals surface area contributed by atoms with Crippen molar-refractivity contribution in [3.8, 4) is 5.75 Å². The number of hydrogen-bond donors (Lipinski definition) is 1. The molecule has 128 valence electrons. The number of ether oxygens (including phenoxy) is 1. The van der Waals surface area contributed by atoms with Crippen LogP contribution in [0.4, 0.5) is 0 Å². The first-order valence-electron chi connectivity index (χ1n) is 9.12. The predicted octanol–water partition coefficient (Wildman–Crippen LogP) is 3.97. The van der Waals surface area contributed by atoms with Gasteiger partial charge in [-0.25, -0.2) is 0 Å². The van der Waals surface area contributed by atoms with Gasteiger partial charge in [0.05, 0.1) is 13.7 Å². The van der Waals surface area contributed by atoms with Crippen molar-refractivity contribution < 1.29 is 9.84 Å². The minimum Gasteiger partial charge on any atom is -0.497 e. The van der Waals surface area contributed by atoms with Gasteiger partial charge in [0.15, 0.2) is 0 Å². The molecule has 0 spiro atoms. The third-order valence-corrected chi connectivity index (χ3v) is 6.49. The van der Waals surface area contributed by atoms with Crippen LogP contribution in [0.1, 0.15) is 38.2 Å². The molecule has 0 amide bonds. The zero-order valence-corrected chi connectivity index (χ0v) is 14.7. The molecule has 3 heteroatoms. The molecule has 1 N–H and O–H groups in total. The van der Waals surface area contributed by atoms with E-state index in [1.54, 1.807) is 7.11 Å². The summed E-state index contributed by atoms with van der Waals surface area (Å²) in [6, 6.07) is 14.2. The van der Waals surface area contributed by atoms with E-state index in [2.05, 4.69) is 42.2 Å². The number of rotatable bonds is 5. The summed E-state index contributed by atoms with van der Waals surface area (Å²) in [5.74, 6) is 0.906. The summed E-state index contributed by atoms with van der Waals surface area (Å²) in [5.41, 5.74) is 1.50. The highest BCUT2D eigenvalue weighted by atomic mass is 16.5. The first kappa shape index (κ1) is 15.9. The van der Waals surface area contributed by atoms with E-state index in [1.165, 1.54) is 29.2 Å². The van der Waals surface area contributed by atoms with E-state index in [9.17, 15) is 5.11 Å². The van der Waals surface area contributed by atoms with Crippen molar-refractivity contribution in [1.82, 2.24) is 4.90 Å². The molecule has 2 aromatic carbocycles. The smallest absolute Gasteiger partial charge is 0.119 e. The Morgan fingerprint density at radius 3 is 2.67 bits per heavy atom. The number of benzene rings is 2. The van der Waals surface area contributed by atoms with E-state index in [-0.39, 0.29) is 5.41 Å². The number of aliphatic hydroxyl groups excluding tert-OH is 1. The largest absolute Gasteiger partial charge is 0.497 e. The van der Waals surface area contributed by atoms with Gasteiger partial charge in [0.2, 0.25) is 0 Å². The quantitative estimate of drug-likeness (QED) is 0.903. The highest BCUT2D eigenvalue weighted by Gasteiger charge is 2.54. The Kier molecular flexibility index (Phi) is 4.01. The lowest BCUT2D eigenvalue weighted by Gasteiger charge is -2.35. The van der Waals surface area contributed by atoms with Gasteiger partial charge in [-0.15, -0.1) is 0 Å². The first-order chi connectivity index (χ1) is 11.7. The van der Waals surface area contributed by atoms with Gasteiger partial charge in [-0.05, 0) is 60.2 Å². The van der Waals surface area contributed by atoms with Gasteiger partial charge in [0, 0.05) is 24.0 Å². The van der Waals surface area contributed by atoms with Crippen LogP contribution in [0.25, 0.3) is 10.8 Å². The molecule has 2 heterocycles. The van der Waals surface area contributed by atoms with Gasteiger partial charge < -0.3 is 9.84 Å². The highest BCUT2D eigenvalue weighted by molar-refractivity contribution is 5.84. The topological polar surface area (TPSA) is 32.7 Å². The summed E-state index contributed by atoms with van der Waals surface area (Å²) in [7, 11) is 1.71. The summed E-state index contributed by atoms with van der Waals surface area (Å²) in [6.07, 6.45) is 4.77. The fraction of sp³-hybridized carbons (Fsp3) is 0.524. The fourth-order valence-electron chi connectivity index (χ4n) is 5.03. The molecule has 3 nitrogen and oxygen atoms in total. The predicted molar refractivity (Wildman–Crippen MR) is 97.3 cm³/mol. The van der Waals surface area contributed by atoms with Crippen LogP contribution in [-0.2, 0) is 6.54 Å². The lowest BCUT2D eigenvalue weighted by molar-refractivity contribution is 0.0714. The molecule has 0 aliphatic carbocycles. The molecule has 2 aliphatic heterocycles. The van der Waals surface area contributed by atoms with Crippen molar-refractivity contribution in [2.24, 2.45) is 5.41 Å². The van der Waals surface area contributed by atoms with E-state index in [0.717, 1.165) is 25.1 Å². The van der Waals surface area contributed by atoms with Crippen molar-refractivity contribution in [3.63, 3.8) is 0 Å². The average molecular weight is 325 g/mol. The maximum atomic E-state index is 9.97. The van der Waals surface area contributed by atoms with Gasteiger partial charge in [0.1, 0.15) is 5.75 Å². The normalized spacial score (nSPS) is 29.5. The Morgan fingerprint density at radius 2 is 1.96 bits per heavy atom. The lowest BCUT2D eigenvalue weighted by atomic mass is 9.72. The molecule has 2 aliphatic rings. The summed E-state index contributed by atoms with van der Waals surface area (Å²) in [6.45, 7) is 3.57. The third-order valence-electron chi connectivity index (χ3n) is 6.49. The molecule has 2 bridgehead atoms. The van der Waals surface area contributed by atoms with Crippen LogP contribution in [0.3, 0.4) is 0 Å².